The maximum Gasteiger partial charge on any atom is 0.221 e. The zero-order valence-corrected chi connectivity index (χ0v) is 12.8. The molecule has 0 spiro atoms. The highest BCUT2D eigenvalue weighted by atomic mass is 32.1. The molecule has 4 N–H and O–H groups in total. The summed E-state index contributed by atoms with van der Waals surface area (Å²) in [6.45, 7) is 3.46. The molecule has 0 unspecified atom stereocenters. The normalized spacial score (nSPS) is 10.0. The molecule has 4 nitrogen and oxygen atoms in total. The van der Waals surface area contributed by atoms with Crippen molar-refractivity contribution in [2.45, 2.75) is 13.8 Å². The molecule has 0 radical (unpaired) electrons. The van der Waals surface area contributed by atoms with Crippen molar-refractivity contribution in [1.29, 1.82) is 0 Å². The van der Waals surface area contributed by atoms with Crippen LogP contribution in [-0.2, 0) is 4.79 Å². The van der Waals surface area contributed by atoms with E-state index in [1.54, 1.807) is 0 Å². The first-order valence-corrected chi connectivity index (χ1v) is 6.91. The zero-order valence-electron chi connectivity index (χ0n) is 11.9. The molecule has 2 aromatic carbocycles. The van der Waals surface area contributed by atoms with E-state index in [2.05, 4.69) is 10.6 Å². The SMILES string of the molecule is CC(=O)Nc1ccc(Nc2ccc(C(N)=S)c(C)c2)cc1. The Morgan fingerprint density at radius 3 is 2.14 bits per heavy atom. The Morgan fingerprint density at radius 2 is 1.62 bits per heavy atom. The van der Waals surface area contributed by atoms with Gasteiger partial charge in [0.1, 0.15) is 4.99 Å². The van der Waals surface area contributed by atoms with Crippen LogP contribution in [-0.4, -0.2) is 10.9 Å². The molecule has 2 rings (SSSR count). The quantitative estimate of drug-likeness (QED) is 0.758. The molecule has 0 bridgehead atoms. The van der Waals surface area contributed by atoms with Crippen molar-refractivity contribution >= 4 is 40.2 Å². The second-order valence-corrected chi connectivity index (χ2v) is 5.22. The van der Waals surface area contributed by atoms with E-state index in [-0.39, 0.29) is 5.91 Å². The van der Waals surface area contributed by atoms with Crippen molar-refractivity contribution in [3.8, 4) is 0 Å². The number of anilines is 3. The summed E-state index contributed by atoms with van der Waals surface area (Å²) in [7, 11) is 0. The van der Waals surface area contributed by atoms with Crippen molar-refractivity contribution in [3.05, 3.63) is 53.6 Å². The molecule has 0 aromatic heterocycles. The van der Waals surface area contributed by atoms with Gasteiger partial charge in [0.2, 0.25) is 5.91 Å². The first kappa shape index (κ1) is 15.0. The fraction of sp³-hybridized carbons (Fsp3) is 0.125. The second kappa shape index (κ2) is 6.37. The van der Waals surface area contributed by atoms with Crippen LogP contribution in [0.15, 0.2) is 42.5 Å². The van der Waals surface area contributed by atoms with Crippen LogP contribution in [0.2, 0.25) is 0 Å². The van der Waals surface area contributed by atoms with Gasteiger partial charge in [0.15, 0.2) is 0 Å². The molecule has 5 heteroatoms. The number of carbonyl (C=O) groups excluding carboxylic acids is 1. The van der Waals surface area contributed by atoms with Crippen molar-refractivity contribution in [2.24, 2.45) is 5.73 Å². The highest BCUT2D eigenvalue weighted by Gasteiger charge is 2.03. The predicted octanol–water partition coefficient (Wildman–Crippen LogP) is 3.33. The van der Waals surface area contributed by atoms with Gasteiger partial charge in [-0.3, -0.25) is 4.79 Å². The topological polar surface area (TPSA) is 67.2 Å². The Balaban J connectivity index is 2.13. The highest BCUT2D eigenvalue weighted by Crippen LogP contribution is 2.21. The Bertz CT molecular complexity index is 680. The number of hydrogen-bond donors (Lipinski definition) is 3. The maximum absolute atomic E-state index is 11.0. The molecule has 108 valence electrons. The minimum Gasteiger partial charge on any atom is -0.389 e. The number of nitrogens with two attached hydrogens (primary N) is 1. The van der Waals surface area contributed by atoms with Gasteiger partial charge in [-0.15, -0.1) is 0 Å². The van der Waals surface area contributed by atoms with Crippen LogP contribution in [0.3, 0.4) is 0 Å². The third kappa shape index (κ3) is 4.03. The summed E-state index contributed by atoms with van der Waals surface area (Å²) in [6.07, 6.45) is 0. The third-order valence-corrected chi connectivity index (χ3v) is 3.21. The van der Waals surface area contributed by atoms with Gasteiger partial charge in [0.05, 0.1) is 0 Å². The van der Waals surface area contributed by atoms with Crippen LogP contribution in [0.25, 0.3) is 0 Å². The van der Waals surface area contributed by atoms with Gasteiger partial charge in [-0.25, -0.2) is 0 Å². The number of carbonyl (C=O) groups is 1. The van der Waals surface area contributed by atoms with E-state index in [1.807, 2.05) is 49.4 Å². The molecule has 0 aliphatic rings. The molecule has 0 saturated heterocycles. The lowest BCUT2D eigenvalue weighted by Crippen LogP contribution is -2.11. The lowest BCUT2D eigenvalue weighted by molar-refractivity contribution is -0.114. The van der Waals surface area contributed by atoms with E-state index in [1.165, 1.54) is 6.92 Å². The summed E-state index contributed by atoms with van der Waals surface area (Å²) in [5, 5.41) is 6.02. The minimum atomic E-state index is -0.0836. The van der Waals surface area contributed by atoms with Gasteiger partial charge < -0.3 is 16.4 Å². The van der Waals surface area contributed by atoms with Crippen LogP contribution in [0.5, 0.6) is 0 Å². The highest BCUT2D eigenvalue weighted by molar-refractivity contribution is 7.80. The summed E-state index contributed by atoms with van der Waals surface area (Å²) < 4.78 is 0. The Kier molecular flexibility index (Phi) is 4.55. The Morgan fingerprint density at radius 1 is 1.05 bits per heavy atom. The standard InChI is InChI=1S/C16H17N3OS/c1-10-9-14(7-8-15(10)16(17)21)19-13-5-3-12(4-6-13)18-11(2)20/h3-9,19H,1-2H3,(H2,17,21)(H,18,20). The average Bonchev–Trinajstić information content (AvgIpc) is 2.40. The fourth-order valence-corrected chi connectivity index (χ4v) is 2.25. The van der Waals surface area contributed by atoms with Gasteiger partial charge in [-0.1, -0.05) is 12.2 Å². The van der Waals surface area contributed by atoms with Crippen molar-refractivity contribution in [3.63, 3.8) is 0 Å². The predicted molar refractivity (Wildman–Crippen MR) is 91.1 cm³/mol. The van der Waals surface area contributed by atoms with Crippen LogP contribution in [0.1, 0.15) is 18.1 Å². The molecule has 1 amide bonds. The Labute approximate surface area is 129 Å². The monoisotopic (exact) mass is 299 g/mol. The average molecular weight is 299 g/mol. The van der Waals surface area contributed by atoms with E-state index >= 15 is 0 Å². The molecular weight excluding hydrogens is 282 g/mol. The summed E-state index contributed by atoms with van der Waals surface area (Å²) in [5.74, 6) is -0.0836. The molecule has 21 heavy (non-hydrogen) atoms. The van der Waals surface area contributed by atoms with E-state index in [0.29, 0.717) is 4.99 Å². The molecule has 2 aromatic rings. The number of amides is 1. The minimum absolute atomic E-state index is 0.0836. The molecule has 0 aliphatic carbocycles. The van der Waals surface area contributed by atoms with Gasteiger partial charge >= 0.3 is 0 Å². The summed E-state index contributed by atoms with van der Waals surface area (Å²) >= 11 is 4.99. The van der Waals surface area contributed by atoms with Crippen LogP contribution >= 0.6 is 12.2 Å². The summed E-state index contributed by atoms with van der Waals surface area (Å²) in [6, 6.07) is 13.3. The number of aryl methyl sites for hydroxylation is 1. The van der Waals surface area contributed by atoms with Gasteiger partial charge in [0.25, 0.3) is 0 Å². The van der Waals surface area contributed by atoms with E-state index in [9.17, 15) is 4.79 Å². The van der Waals surface area contributed by atoms with Crippen molar-refractivity contribution < 1.29 is 4.79 Å². The number of rotatable bonds is 4. The van der Waals surface area contributed by atoms with Crippen molar-refractivity contribution in [2.75, 3.05) is 10.6 Å². The van der Waals surface area contributed by atoms with Crippen LogP contribution in [0, 0.1) is 6.92 Å². The molecule has 0 atom stereocenters. The molecule has 0 fully saturated rings. The molecule has 0 heterocycles. The van der Waals surface area contributed by atoms with Gasteiger partial charge in [-0.2, -0.15) is 0 Å². The van der Waals surface area contributed by atoms with Crippen LogP contribution in [0.4, 0.5) is 17.1 Å². The number of benzene rings is 2. The molecule has 0 aliphatic heterocycles. The maximum atomic E-state index is 11.0. The second-order valence-electron chi connectivity index (χ2n) is 4.78. The summed E-state index contributed by atoms with van der Waals surface area (Å²) in [5.41, 5.74) is 10.2. The molecular formula is C16H17N3OS. The molecule has 0 saturated carbocycles. The number of hydrogen-bond acceptors (Lipinski definition) is 3. The fourth-order valence-electron chi connectivity index (χ4n) is 2.02. The zero-order chi connectivity index (χ0) is 15.4. The number of nitrogens with one attached hydrogen (secondary N) is 2. The van der Waals surface area contributed by atoms with Crippen LogP contribution < -0.4 is 16.4 Å². The largest absolute Gasteiger partial charge is 0.389 e. The third-order valence-electron chi connectivity index (χ3n) is 2.99. The first-order chi connectivity index (χ1) is 9.95. The smallest absolute Gasteiger partial charge is 0.221 e. The number of thiocarbonyl (C=S) groups is 1. The summed E-state index contributed by atoms with van der Waals surface area (Å²) in [4.78, 5) is 11.4. The Hall–Kier alpha value is -2.40. The lowest BCUT2D eigenvalue weighted by Gasteiger charge is -2.10. The first-order valence-electron chi connectivity index (χ1n) is 6.51. The van der Waals surface area contributed by atoms with Gasteiger partial charge in [0, 0.05) is 29.5 Å². The van der Waals surface area contributed by atoms with Crippen molar-refractivity contribution in [1.82, 2.24) is 0 Å². The van der Waals surface area contributed by atoms with E-state index in [4.69, 9.17) is 18.0 Å². The van der Waals surface area contributed by atoms with E-state index < -0.39 is 0 Å². The van der Waals surface area contributed by atoms with E-state index in [0.717, 1.165) is 28.2 Å². The van der Waals surface area contributed by atoms with Gasteiger partial charge in [-0.05, 0) is 55.0 Å². The lowest BCUT2D eigenvalue weighted by atomic mass is 10.1.